The predicted molar refractivity (Wildman–Crippen MR) is 71.0 cm³/mol. The van der Waals surface area contributed by atoms with Crippen LogP contribution in [-0.2, 0) is 11.3 Å². The van der Waals surface area contributed by atoms with Gasteiger partial charge in [0, 0.05) is 17.3 Å². The smallest absolute Gasteiger partial charge is 0.228 e. The fourth-order valence-electron chi connectivity index (χ4n) is 2.36. The highest BCUT2D eigenvalue weighted by Crippen LogP contribution is 2.30. The Bertz CT molecular complexity index is 369. The van der Waals surface area contributed by atoms with E-state index in [-0.39, 0.29) is 11.3 Å². The quantitative estimate of drug-likeness (QED) is 0.893. The van der Waals surface area contributed by atoms with Gasteiger partial charge in [-0.05, 0) is 37.4 Å². The molecular weight excluding hydrogens is 232 g/mol. The number of carbonyl (C=O) groups is 1. The van der Waals surface area contributed by atoms with Crippen molar-refractivity contribution >= 4 is 17.2 Å². The number of thiophene rings is 1. The molecular formula is C13H20N2OS. The molecule has 0 aliphatic carbocycles. The van der Waals surface area contributed by atoms with Crippen LogP contribution in [0.2, 0.25) is 0 Å². The molecule has 1 aromatic rings. The molecule has 0 saturated carbocycles. The van der Waals surface area contributed by atoms with Crippen molar-refractivity contribution in [2.24, 2.45) is 5.41 Å². The molecule has 1 aliphatic rings. The fraction of sp³-hybridized carbons (Fsp3) is 0.615. The third-order valence-corrected chi connectivity index (χ3v) is 4.40. The first-order valence-corrected chi connectivity index (χ1v) is 6.98. The summed E-state index contributed by atoms with van der Waals surface area (Å²) in [6, 6.07) is 4.11. The Balaban J connectivity index is 1.98. The summed E-state index contributed by atoms with van der Waals surface area (Å²) in [5.41, 5.74) is -0.169. The number of hydrogen-bond donors (Lipinski definition) is 1. The normalized spacial score (nSPS) is 18.9. The molecule has 0 aromatic carbocycles. The van der Waals surface area contributed by atoms with Crippen molar-refractivity contribution in [1.82, 2.24) is 10.2 Å². The van der Waals surface area contributed by atoms with Gasteiger partial charge in [0.2, 0.25) is 5.91 Å². The lowest BCUT2D eigenvalue weighted by Gasteiger charge is -2.35. The zero-order valence-electron chi connectivity index (χ0n) is 10.5. The van der Waals surface area contributed by atoms with E-state index in [1.165, 1.54) is 4.88 Å². The van der Waals surface area contributed by atoms with Crippen LogP contribution in [0.1, 0.15) is 24.6 Å². The number of rotatable bonds is 3. The molecule has 1 N–H and O–H groups in total. The predicted octanol–water partition coefficient (Wildman–Crippen LogP) is 2.10. The minimum atomic E-state index is -0.169. The number of nitrogens with one attached hydrogen (secondary N) is 1. The Morgan fingerprint density at radius 2 is 2.24 bits per heavy atom. The first kappa shape index (κ1) is 12.6. The summed E-state index contributed by atoms with van der Waals surface area (Å²) in [5.74, 6) is 0.285. The van der Waals surface area contributed by atoms with E-state index in [2.05, 4.69) is 23.7 Å². The zero-order valence-corrected chi connectivity index (χ0v) is 11.3. The number of nitrogens with zero attached hydrogens (tertiary/aromatic N) is 1. The van der Waals surface area contributed by atoms with Crippen LogP contribution in [0.5, 0.6) is 0 Å². The molecule has 0 bridgehead atoms. The number of carbonyl (C=O) groups excluding carboxylic acids is 1. The summed E-state index contributed by atoms with van der Waals surface area (Å²) in [4.78, 5) is 15.6. The molecule has 17 heavy (non-hydrogen) atoms. The lowest BCUT2D eigenvalue weighted by Crippen LogP contribution is -2.46. The molecule has 1 aromatic heterocycles. The van der Waals surface area contributed by atoms with Gasteiger partial charge in [-0.2, -0.15) is 0 Å². The monoisotopic (exact) mass is 252 g/mol. The van der Waals surface area contributed by atoms with E-state index >= 15 is 0 Å². The topological polar surface area (TPSA) is 32.3 Å². The van der Waals surface area contributed by atoms with Crippen LogP contribution in [0, 0.1) is 5.41 Å². The largest absolute Gasteiger partial charge is 0.340 e. The second kappa shape index (κ2) is 5.19. The third-order valence-electron chi connectivity index (χ3n) is 3.54. The van der Waals surface area contributed by atoms with Gasteiger partial charge in [0.05, 0.1) is 6.54 Å². The Kier molecular flexibility index (Phi) is 3.84. The minimum absolute atomic E-state index is 0.169. The molecule has 94 valence electrons. The van der Waals surface area contributed by atoms with Crippen LogP contribution < -0.4 is 5.32 Å². The average molecular weight is 252 g/mol. The van der Waals surface area contributed by atoms with E-state index in [4.69, 9.17) is 0 Å². The van der Waals surface area contributed by atoms with Crippen molar-refractivity contribution in [3.8, 4) is 0 Å². The van der Waals surface area contributed by atoms with Crippen LogP contribution in [0.15, 0.2) is 17.5 Å². The molecule has 3 nitrogen and oxygen atoms in total. The second-order valence-corrected chi connectivity index (χ2v) is 6.08. The molecule has 2 heterocycles. The van der Waals surface area contributed by atoms with E-state index in [0.29, 0.717) is 0 Å². The Labute approximate surface area is 107 Å². The number of piperidine rings is 1. The fourth-order valence-corrected chi connectivity index (χ4v) is 3.12. The lowest BCUT2D eigenvalue weighted by molar-refractivity contribution is -0.141. The number of hydrogen-bond acceptors (Lipinski definition) is 3. The lowest BCUT2D eigenvalue weighted by atomic mass is 9.80. The van der Waals surface area contributed by atoms with E-state index in [1.807, 2.05) is 18.0 Å². The van der Waals surface area contributed by atoms with Crippen molar-refractivity contribution in [2.75, 3.05) is 20.1 Å². The van der Waals surface area contributed by atoms with Crippen molar-refractivity contribution in [1.29, 1.82) is 0 Å². The molecule has 0 atom stereocenters. The molecule has 4 heteroatoms. The summed E-state index contributed by atoms with van der Waals surface area (Å²) in [5, 5.41) is 5.37. The molecule has 1 amide bonds. The summed E-state index contributed by atoms with van der Waals surface area (Å²) in [6.45, 7) is 4.74. The molecule has 0 unspecified atom stereocenters. The van der Waals surface area contributed by atoms with Crippen LogP contribution in [0.4, 0.5) is 0 Å². The minimum Gasteiger partial charge on any atom is -0.340 e. The summed E-state index contributed by atoms with van der Waals surface area (Å²) in [6.07, 6.45) is 1.89. The van der Waals surface area contributed by atoms with E-state index < -0.39 is 0 Å². The van der Waals surface area contributed by atoms with Crippen molar-refractivity contribution < 1.29 is 4.79 Å². The number of amides is 1. The summed E-state index contributed by atoms with van der Waals surface area (Å²) < 4.78 is 0. The van der Waals surface area contributed by atoms with Gasteiger partial charge in [0.25, 0.3) is 0 Å². The van der Waals surface area contributed by atoms with Gasteiger partial charge in [0.1, 0.15) is 0 Å². The summed E-state index contributed by atoms with van der Waals surface area (Å²) in [7, 11) is 1.91. The first-order chi connectivity index (χ1) is 8.12. The molecule has 1 saturated heterocycles. The SMILES string of the molecule is CN(Cc1cccs1)C(=O)C1(C)CCNCC1. The molecule has 1 aliphatic heterocycles. The maximum Gasteiger partial charge on any atom is 0.228 e. The van der Waals surface area contributed by atoms with Crippen LogP contribution in [0.3, 0.4) is 0 Å². The molecule has 0 spiro atoms. The highest BCUT2D eigenvalue weighted by atomic mass is 32.1. The van der Waals surface area contributed by atoms with Crippen LogP contribution in [0.25, 0.3) is 0 Å². The Morgan fingerprint density at radius 1 is 1.53 bits per heavy atom. The Hall–Kier alpha value is -0.870. The van der Waals surface area contributed by atoms with Crippen molar-refractivity contribution in [3.63, 3.8) is 0 Å². The third kappa shape index (κ3) is 2.87. The second-order valence-electron chi connectivity index (χ2n) is 5.05. The molecule has 1 fully saturated rings. The van der Waals surface area contributed by atoms with Gasteiger partial charge in [0.15, 0.2) is 0 Å². The van der Waals surface area contributed by atoms with E-state index in [1.54, 1.807) is 11.3 Å². The van der Waals surface area contributed by atoms with Crippen LogP contribution >= 0.6 is 11.3 Å². The molecule has 0 radical (unpaired) electrons. The van der Waals surface area contributed by atoms with Gasteiger partial charge in [-0.3, -0.25) is 4.79 Å². The van der Waals surface area contributed by atoms with Crippen molar-refractivity contribution in [3.05, 3.63) is 22.4 Å². The van der Waals surface area contributed by atoms with Gasteiger partial charge in [-0.1, -0.05) is 13.0 Å². The van der Waals surface area contributed by atoms with Gasteiger partial charge in [-0.15, -0.1) is 11.3 Å². The molecule has 2 rings (SSSR count). The summed E-state index contributed by atoms with van der Waals surface area (Å²) >= 11 is 1.71. The van der Waals surface area contributed by atoms with Crippen molar-refractivity contribution in [2.45, 2.75) is 26.3 Å². The maximum absolute atomic E-state index is 12.4. The maximum atomic E-state index is 12.4. The zero-order chi connectivity index (χ0) is 12.3. The van der Waals surface area contributed by atoms with E-state index in [0.717, 1.165) is 32.5 Å². The average Bonchev–Trinajstić information content (AvgIpc) is 2.81. The first-order valence-electron chi connectivity index (χ1n) is 6.10. The highest BCUT2D eigenvalue weighted by Gasteiger charge is 2.36. The highest BCUT2D eigenvalue weighted by molar-refractivity contribution is 7.09. The Morgan fingerprint density at radius 3 is 2.82 bits per heavy atom. The van der Waals surface area contributed by atoms with Gasteiger partial charge in [-0.25, -0.2) is 0 Å². The standard InChI is InChI=1S/C13H20N2OS/c1-13(5-7-14-8-6-13)12(16)15(2)10-11-4-3-9-17-11/h3-4,9,14H,5-8,10H2,1-2H3. The van der Waals surface area contributed by atoms with Gasteiger partial charge < -0.3 is 10.2 Å². The van der Waals surface area contributed by atoms with Gasteiger partial charge >= 0.3 is 0 Å². The van der Waals surface area contributed by atoms with Crippen LogP contribution in [-0.4, -0.2) is 30.9 Å². The van der Waals surface area contributed by atoms with E-state index in [9.17, 15) is 4.79 Å².